The van der Waals surface area contributed by atoms with Crippen LogP contribution in [0.1, 0.15) is 26.8 Å². The Kier molecular flexibility index (Phi) is 5.98. The molecule has 0 aliphatic carbocycles. The molecule has 4 heterocycles. The van der Waals surface area contributed by atoms with Crippen molar-refractivity contribution >= 4 is 17.2 Å². The van der Waals surface area contributed by atoms with Crippen molar-refractivity contribution in [3.63, 3.8) is 0 Å². The number of hydrogen-bond donors (Lipinski definition) is 0. The molecule has 29 heavy (non-hydrogen) atoms. The number of rotatable bonds is 6. The van der Waals surface area contributed by atoms with E-state index in [-0.39, 0.29) is 5.91 Å². The molecule has 0 saturated carbocycles. The first-order chi connectivity index (χ1) is 14.1. The Morgan fingerprint density at radius 2 is 2.14 bits per heavy atom. The molecule has 4 rings (SSSR count). The molecule has 0 radical (unpaired) electrons. The molecule has 1 aliphatic heterocycles. The zero-order valence-electron chi connectivity index (χ0n) is 16.6. The molecule has 1 saturated heterocycles. The van der Waals surface area contributed by atoms with Gasteiger partial charge in [-0.1, -0.05) is 6.07 Å². The van der Waals surface area contributed by atoms with Crippen molar-refractivity contribution in [2.45, 2.75) is 20.0 Å². The van der Waals surface area contributed by atoms with Gasteiger partial charge in [0.2, 0.25) is 0 Å². The summed E-state index contributed by atoms with van der Waals surface area (Å²) in [6, 6.07) is 5.61. The van der Waals surface area contributed by atoms with Crippen LogP contribution >= 0.6 is 11.3 Å². The van der Waals surface area contributed by atoms with E-state index in [4.69, 9.17) is 9.72 Å². The highest BCUT2D eigenvalue weighted by atomic mass is 32.1. The predicted molar refractivity (Wildman–Crippen MR) is 110 cm³/mol. The molecule has 0 atom stereocenters. The lowest BCUT2D eigenvalue weighted by molar-refractivity contribution is 0.0341. The van der Waals surface area contributed by atoms with Gasteiger partial charge >= 0.3 is 0 Å². The van der Waals surface area contributed by atoms with E-state index in [1.54, 1.807) is 40.4 Å². The number of nitrogens with zero attached hydrogens (tertiary/aromatic N) is 6. The van der Waals surface area contributed by atoms with Crippen molar-refractivity contribution in [2.24, 2.45) is 0 Å². The highest BCUT2D eigenvalue weighted by Crippen LogP contribution is 2.17. The van der Waals surface area contributed by atoms with Crippen LogP contribution < -0.4 is 0 Å². The van der Waals surface area contributed by atoms with Crippen LogP contribution in [0, 0.1) is 6.92 Å². The zero-order chi connectivity index (χ0) is 20.2. The van der Waals surface area contributed by atoms with Crippen LogP contribution in [0.15, 0.2) is 36.0 Å². The number of carbonyl (C=O) groups is 1. The summed E-state index contributed by atoms with van der Waals surface area (Å²) in [4.78, 5) is 26.0. The molecule has 0 spiro atoms. The van der Waals surface area contributed by atoms with Gasteiger partial charge in [0.1, 0.15) is 5.01 Å². The van der Waals surface area contributed by atoms with Crippen LogP contribution in [0.25, 0.3) is 5.82 Å². The average molecular weight is 413 g/mol. The van der Waals surface area contributed by atoms with Crippen LogP contribution in [0.5, 0.6) is 0 Å². The Bertz CT molecular complexity index is 965. The molecule has 1 fully saturated rings. The largest absolute Gasteiger partial charge is 0.379 e. The van der Waals surface area contributed by atoms with E-state index in [0.29, 0.717) is 17.9 Å². The van der Waals surface area contributed by atoms with E-state index >= 15 is 0 Å². The lowest BCUT2D eigenvalue weighted by Gasteiger charge is -2.25. The lowest BCUT2D eigenvalue weighted by atomic mass is 10.2. The van der Waals surface area contributed by atoms with Gasteiger partial charge in [0.05, 0.1) is 49.5 Å². The van der Waals surface area contributed by atoms with E-state index < -0.39 is 0 Å². The number of amides is 1. The van der Waals surface area contributed by atoms with Crippen molar-refractivity contribution in [2.75, 3.05) is 33.4 Å². The quantitative estimate of drug-likeness (QED) is 0.617. The van der Waals surface area contributed by atoms with E-state index in [1.165, 1.54) is 0 Å². The first-order valence-corrected chi connectivity index (χ1v) is 10.4. The molecule has 3 aromatic rings. The van der Waals surface area contributed by atoms with Gasteiger partial charge in [0.15, 0.2) is 5.82 Å². The highest BCUT2D eigenvalue weighted by molar-refractivity contribution is 7.09. The summed E-state index contributed by atoms with van der Waals surface area (Å²) < 4.78 is 7.07. The Hall–Kier alpha value is -2.62. The minimum atomic E-state index is -0.0765. The standard InChI is InChI=1S/C20H24N6O2S/c1-15-17(11-22-26(15)18-5-3-4-6-21-18)20(27)24(2)12-16-14-29-19(23-16)13-25-7-9-28-10-8-25/h3-6,11,14H,7-10,12-13H2,1-2H3. The number of pyridine rings is 1. The summed E-state index contributed by atoms with van der Waals surface area (Å²) in [6.45, 7) is 6.61. The molecule has 1 amide bonds. The van der Waals surface area contributed by atoms with Gasteiger partial charge in [-0.15, -0.1) is 11.3 Å². The highest BCUT2D eigenvalue weighted by Gasteiger charge is 2.20. The molecule has 0 unspecified atom stereocenters. The SMILES string of the molecule is Cc1c(C(=O)N(C)Cc2csc(CN3CCOCC3)n2)cnn1-c1ccccn1. The molecule has 0 bridgehead atoms. The molecule has 152 valence electrons. The fraction of sp³-hybridized carbons (Fsp3) is 0.400. The monoisotopic (exact) mass is 412 g/mol. The van der Waals surface area contributed by atoms with Crippen molar-refractivity contribution in [1.29, 1.82) is 0 Å². The third kappa shape index (κ3) is 4.52. The van der Waals surface area contributed by atoms with Gasteiger partial charge in [-0.25, -0.2) is 14.6 Å². The minimum absolute atomic E-state index is 0.0765. The molecule has 8 nitrogen and oxygen atoms in total. The number of carbonyl (C=O) groups excluding carboxylic acids is 1. The summed E-state index contributed by atoms with van der Waals surface area (Å²) in [7, 11) is 1.79. The van der Waals surface area contributed by atoms with Crippen LogP contribution in [0.4, 0.5) is 0 Å². The van der Waals surface area contributed by atoms with Crippen molar-refractivity contribution in [3.05, 3.63) is 57.9 Å². The number of thiazole rings is 1. The van der Waals surface area contributed by atoms with Crippen LogP contribution in [0.2, 0.25) is 0 Å². The fourth-order valence-corrected chi connectivity index (χ4v) is 4.12. The number of hydrogen-bond acceptors (Lipinski definition) is 7. The second-order valence-electron chi connectivity index (χ2n) is 7.03. The maximum Gasteiger partial charge on any atom is 0.257 e. The van der Waals surface area contributed by atoms with E-state index in [2.05, 4.69) is 15.0 Å². The normalized spacial score (nSPS) is 14.8. The Morgan fingerprint density at radius 1 is 1.31 bits per heavy atom. The summed E-state index contributed by atoms with van der Waals surface area (Å²) in [5.74, 6) is 0.617. The third-order valence-electron chi connectivity index (χ3n) is 4.91. The molecular formula is C20H24N6O2S. The molecule has 9 heteroatoms. The summed E-state index contributed by atoms with van der Waals surface area (Å²) in [5, 5.41) is 7.45. The van der Waals surface area contributed by atoms with E-state index in [1.807, 2.05) is 30.5 Å². The van der Waals surface area contributed by atoms with Crippen LogP contribution in [0.3, 0.4) is 0 Å². The van der Waals surface area contributed by atoms with Crippen molar-refractivity contribution < 1.29 is 9.53 Å². The molecule has 0 N–H and O–H groups in total. The predicted octanol–water partition coefficient (Wildman–Crippen LogP) is 2.14. The Labute approximate surface area is 173 Å². The van der Waals surface area contributed by atoms with Crippen LogP contribution in [-0.2, 0) is 17.8 Å². The molecular weight excluding hydrogens is 388 g/mol. The van der Waals surface area contributed by atoms with Gasteiger partial charge in [0.25, 0.3) is 5.91 Å². The first kappa shape index (κ1) is 19.7. The van der Waals surface area contributed by atoms with Gasteiger partial charge in [0, 0.05) is 31.7 Å². The van der Waals surface area contributed by atoms with Gasteiger partial charge < -0.3 is 9.64 Å². The lowest BCUT2D eigenvalue weighted by Crippen LogP contribution is -2.35. The second kappa shape index (κ2) is 8.81. The van der Waals surface area contributed by atoms with Crippen LogP contribution in [-0.4, -0.2) is 68.8 Å². The van der Waals surface area contributed by atoms with E-state index in [9.17, 15) is 4.79 Å². The second-order valence-corrected chi connectivity index (χ2v) is 7.97. The Morgan fingerprint density at radius 3 is 2.90 bits per heavy atom. The molecule has 0 aromatic carbocycles. The number of morpholine rings is 1. The summed E-state index contributed by atoms with van der Waals surface area (Å²) in [5.41, 5.74) is 2.25. The van der Waals surface area contributed by atoms with Gasteiger partial charge in [-0.2, -0.15) is 5.10 Å². The van der Waals surface area contributed by atoms with Gasteiger partial charge in [-0.3, -0.25) is 9.69 Å². The third-order valence-corrected chi connectivity index (χ3v) is 5.80. The maximum atomic E-state index is 12.9. The van der Waals surface area contributed by atoms with Crippen molar-refractivity contribution in [3.8, 4) is 5.82 Å². The minimum Gasteiger partial charge on any atom is -0.379 e. The Balaban J connectivity index is 1.41. The maximum absolute atomic E-state index is 12.9. The average Bonchev–Trinajstić information content (AvgIpc) is 3.35. The topological polar surface area (TPSA) is 76.4 Å². The zero-order valence-corrected chi connectivity index (χ0v) is 17.4. The molecule has 3 aromatic heterocycles. The fourth-order valence-electron chi connectivity index (χ4n) is 3.29. The van der Waals surface area contributed by atoms with E-state index in [0.717, 1.165) is 49.2 Å². The summed E-state index contributed by atoms with van der Waals surface area (Å²) >= 11 is 1.64. The smallest absolute Gasteiger partial charge is 0.257 e. The number of ether oxygens (including phenoxy) is 1. The molecule has 1 aliphatic rings. The van der Waals surface area contributed by atoms with Gasteiger partial charge in [-0.05, 0) is 19.1 Å². The number of aromatic nitrogens is 4. The van der Waals surface area contributed by atoms with Crippen molar-refractivity contribution in [1.82, 2.24) is 29.5 Å². The first-order valence-electron chi connectivity index (χ1n) is 9.56. The summed E-state index contributed by atoms with van der Waals surface area (Å²) in [6.07, 6.45) is 3.31.